The third-order valence-electron chi connectivity index (χ3n) is 4.70. The Morgan fingerprint density at radius 3 is 2.69 bits per heavy atom. The number of carbonyl (C=O) groups is 2. The van der Waals surface area contributed by atoms with Gasteiger partial charge < -0.3 is 10.2 Å². The Bertz CT molecular complexity index is 789. The van der Waals surface area contributed by atoms with Gasteiger partial charge in [0.1, 0.15) is 5.82 Å². The molecule has 0 radical (unpaired) electrons. The molecule has 2 amide bonds. The molecule has 1 atom stereocenters. The first-order valence-corrected chi connectivity index (χ1v) is 8.91. The Labute approximate surface area is 153 Å². The Morgan fingerprint density at radius 1 is 1.19 bits per heavy atom. The standard InChI is InChI=1S/C21H23FN2O2/c1-15-4-2-6-19(12-15)23-21(26)17-5-3-11-24(14-17)20(25)13-16-7-9-18(22)10-8-16/h2,4,6-10,12,17H,3,5,11,13-14H2,1H3,(H,23,26). The number of hydrogen-bond donors (Lipinski definition) is 1. The third-order valence-corrected chi connectivity index (χ3v) is 4.70. The maximum Gasteiger partial charge on any atom is 0.229 e. The summed E-state index contributed by atoms with van der Waals surface area (Å²) in [7, 11) is 0. The molecule has 1 saturated heterocycles. The number of anilines is 1. The molecule has 5 heteroatoms. The lowest BCUT2D eigenvalue weighted by Gasteiger charge is -2.32. The lowest BCUT2D eigenvalue weighted by atomic mass is 9.96. The molecule has 1 aliphatic heterocycles. The highest BCUT2D eigenvalue weighted by Crippen LogP contribution is 2.20. The van der Waals surface area contributed by atoms with Crippen LogP contribution < -0.4 is 5.32 Å². The molecule has 0 spiro atoms. The number of amides is 2. The van der Waals surface area contributed by atoms with E-state index in [0.29, 0.717) is 13.1 Å². The van der Waals surface area contributed by atoms with Gasteiger partial charge >= 0.3 is 0 Å². The summed E-state index contributed by atoms with van der Waals surface area (Å²) in [5.74, 6) is -0.590. The number of rotatable bonds is 4. The van der Waals surface area contributed by atoms with Crippen molar-refractivity contribution in [2.75, 3.05) is 18.4 Å². The summed E-state index contributed by atoms with van der Waals surface area (Å²) in [6, 6.07) is 13.6. The van der Waals surface area contributed by atoms with Gasteiger partial charge in [0.25, 0.3) is 0 Å². The minimum atomic E-state index is -0.313. The second-order valence-corrected chi connectivity index (χ2v) is 6.84. The van der Waals surface area contributed by atoms with Crippen LogP contribution in [-0.2, 0) is 16.0 Å². The Hall–Kier alpha value is -2.69. The second-order valence-electron chi connectivity index (χ2n) is 6.84. The highest BCUT2D eigenvalue weighted by Gasteiger charge is 2.28. The van der Waals surface area contributed by atoms with E-state index in [1.807, 2.05) is 31.2 Å². The maximum absolute atomic E-state index is 13.0. The fourth-order valence-corrected chi connectivity index (χ4v) is 3.27. The van der Waals surface area contributed by atoms with Crippen LogP contribution in [0.1, 0.15) is 24.0 Å². The number of halogens is 1. The van der Waals surface area contributed by atoms with Gasteiger partial charge in [-0.2, -0.15) is 0 Å². The minimum Gasteiger partial charge on any atom is -0.342 e. The lowest BCUT2D eigenvalue weighted by molar-refractivity contribution is -0.133. The molecule has 1 N–H and O–H groups in total. The van der Waals surface area contributed by atoms with Crippen molar-refractivity contribution in [1.82, 2.24) is 4.90 Å². The number of carbonyl (C=O) groups excluding carboxylic acids is 2. The summed E-state index contributed by atoms with van der Waals surface area (Å²) in [6.45, 7) is 3.07. The van der Waals surface area contributed by atoms with Crippen LogP contribution in [0.4, 0.5) is 10.1 Å². The highest BCUT2D eigenvalue weighted by atomic mass is 19.1. The molecule has 136 valence electrons. The molecule has 4 nitrogen and oxygen atoms in total. The van der Waals surface area contributed by atoms with Gasteiger partial charge in [0, 0.05) is 18.8 Å². The number of aryl methyl sites for hydroxylation is 1. The number of nitrogens with one attached hydrogen (secondary N) is 1. The van der Waals surface area contributed by atoms with Crippen LogP contribution >= 0.6 is 0 Å². The van der Waals surface area contributed by atoms with E-state index in [4.69, 9.17) is 0 Å². The first kappa shape index (κ1) is 18.1. The van der Waals surface area contributed by atoms with E-state index in [0.717, 1.165) is 29.7 Å². The summed E-state index contributed by atoms with van der Waals surface area (Å²) < 4.78 is 13.0. The molecular weight excluding hydrogens is 331 g/mol. The molecule has 0 bridgehead atoms. The zero-order chi connectivity index (χ0) is 18.5. The fourth-order valence-electron chi connectivity index (χ4n) is 3.27. The van der Waals surface area contributed by atoms with Crippen molar-refractivity contribution in [3.05, 3.63) is 65.5 Å². The van der Waals surface area contributed by atoms with Crippen LogP contribution in [0.2, 0.25) is 0 Å². The summed E-state index contributed by atoms with van der Waals surface area (Å²) in [4.78, 5) is 26.8. The molecule has 1 heterocycles. The topological polar surface area (TPSA) is 49.4 Å². The predicted molar refractivity (Wildman–Crippen MR) is 99.2 cm³/mol. The summed E-state index contributed by atoms with van der Waals surface area (Å²) in [5.41, 5.74) is 2.65. The fraction of sp³-hybridized carbons (Fsp3) is 0.333. The van der Waals surface area contributed by atoms with E-state index in [9.17, 15) is 14.0 Å². The van der Waals surface area contributed by atoms with Crippen molar-refractivity contribution in [3.63, 3.8) is 0 Å². The van der Waals surface area contributed by atoms with Crippen molar-refractivity contribution in [3.8, 4) is 0 Å². The second kappa shape index (κ2) is 8.13. The minimum absolute atomic E-state index is 0.0235. The number of benzene rings is 2. The SMILES string of the molecule is Cc1cccc(NC(=O)C2CCCN(C(=O)Cc3ccc(F)cc3)C2)c1. The summed E-state index contributed by atoms with van der Waals surface area (Å²) in [6.07, 6.45) is 1.81. The average molecular weight is 354 g/mol. The van der Waals surface area contributed by atoms with Crippen molar-refractivity contribution in [2.45, 2.75) is 26.2 Å². The zero-order valence-corrected chi connectivity index (χ0v) is 14.9. The quantitative estimate of drug-likeness (QED) is 0.913. The number of nitrogens with zero attached hydrogens (tertiary/aromatic N) is 1. The van der Waals surface area contributed by atoms with E-state index in [2.05, 4.69) is 5.32 Å². The maximum atomic E-state index is 13.0. The number of piperidine rings is 1. The largest absolute Gasteiger partial charge is 0.342 e. The van der Waals surface area contributed by atoms with Crippen molar-refractivity contribution in [1.29, 1.82) is 0 Å². The molecule has 3 rings (SSSR count). The van der Waals surface area contributed by atoms with Gasteiger partial charge in [-0.25, -0.2) is 4.39 Å². The summed E-state index contributed by atoms with van der Waals surface area (Å²) >= 11 is 0. The smallest absolute Gasteiger partial charge is 0.229 e. The van der Waals surface area contributed by atoms with Gasteiger partial charge in [-0.1, -0.05) is 24.3 Å². The predicted octanol–water partition coefficient (Wildman–Crippen LogP) is 3.55. The normalized spacial score (nSPS) is 17.0. The van der Waals surface area contributed by atoms with E-state index >= 15 is 0 Å². The molecule has 2 aromatic carbocycles. The molecular formula is C21H23FN2O2. The van der Waals surface area contributed by atoms with Gasteiger partial charge in [-0.3, -0.25) is 9.59 Å². The lowest BCUT2D eigenvalue weighted by Crippen LogP contribution is -2.44. The first-order valence-electron chi connectivity index (χ1n) is 8.91. The molecule has 1 aliphatic rings. The monoisotopic (exact) mass is 354 g/mol. The Kier molecular flexibility index (Phi) is 5.66. The highest BCUT2D eigenvalue weighted by molar-refractivity contribution is 5.93. The Balaban J connectivity index is 1.58. The third kappa shape index (κ3) is 4.69. The van der Waals surface area contributed by atoms with Gasteiger partial charge in [0.05, 0.1) is 12.3 Å². The van der Waals surface area contributed by atoms with E-state index in [1.165, 1.54) is 12.1 Å². The molecule has 0 aliphatic carbocycles. The first-order chi connectivity index (χ1) is 12.5. The van der Waals surface area contributed by atoms with Crippen LogP contribution in [0, 0.1) is 18.7 Å². The van der Waals surface area contributed by atoms with Crippen molar-refractivity contribution >= 4 is 17.5 Å². The number of hydrogen-bond acceptors (Lipinski definition) is 2. The molecule has 2 aromatic rings. The van der Waals surface area contributed by atoms with Crippen LogP contribution in [0.5, 0.6) is 0 Å². The van der Waals surface area contributed by atoms with Crippen LogP contribution in [-0.4, -0.2) is 29.8 Å². The van der Waals surface area contributed by atoms with Crippen LogP contribution in [0.3, 0.4) is 0 Å². The van der Waals surface area contributed by atoms with E-state index in [1.54, 1.807) is 17.0 Å². The zero-order valence-electron chi connectivity index (χ0n) is 14.9. The number of likely N-dealkylation sites (tertiary alicyclic amines) is 1. The molecule has 26 heavy (non-hydrogen) atoms. The van der Waals surface area contributed by atoms with Gasteiger partial charge in [-0.05, 0) is 55.2 Å². The molecule has 0 saturated carbocycles. The van der Waals surface area contributed by atoms with Crippen molar-refractivity contribution < 1.29 is 14.0 Å². The van der Waals surface area contributed by atoms with Crippen molar-refractivity contribution in [2.24, 2.45) is 5.92 Å². The van der Waals surface area contributed by atoms with Gasteiger partial charge in [-0.15, -0.1) is 0 Å². The van der Waals surface area contributed by atoms with Crippen LogP contribution in [0.15, 0.2) is 48.5 Å². The van der Waals surface area contributed by atoms with E-state index < -0.39 is 0 Å². The molecule has 1 fully saturated rings. The molecule has 0 aromatic heterocycles. The van der Waals surface area contributed by atoms with Gasteiger partial charge in [0.15, 0.2) is 0 Å². The summed E-state index contributed by atoms with van der Waals surface area (Å²) in [5, 5.41) is 2.95. The van der Waals surface area contributed by atoms with Crippen LogP contribution in [0.25, 0.3) is 0 Å². The van der Waals surface area contributed by atoms with Gasteiger partial charge in [0.2, 0.25) is 11.8 Å². The van der Waals surface area contributed by atoms with E-state index in [-0.39, 0.29) is 30.0 Å². The average Bonchev–Trinajstić information content (AvgIpc) is 2.64. The molecule has 1 unspecified atom stereocenters. The Morgan fingerprint density at radius 2 is 1.96 bits per heavy atom.